The Kier molecular flexibility index (Phi) is 4.73. The van der Waals surface area contributed by atoms with Crippen LogP contribution in [-0.2, 0) is 11.3 Å². The zero-order chi connectivity index (χ0) is 13.7. The van der Waals surface area contributed by atoms with E-state index in [1.165, 1.54) is 23.9 Å². The van der Waals surface area contributed by atoms with Crippen molar-refractivity contribution in [2.75, 3.05) is 32.4 Å². The molecule has 0 atom stereocenters. The molecule has 1 aromatic rings. The quantitative estimate of drug-likeness (QED) is 0.764. The first-order valence-corrected chi connectivity index (χ1v) is 6.73. The SMILES string of the molecule is CN1CCC(CCNC(=O)Cn2cnc(N)n2)CC1. The molecule has 2 rings (SSSR count). The van der Waals surface area contributed by atoms with Crippen molar-refractivity contribution in [3.05, 3.63) is 6.33 Å². The van der Waals surface area contributed by atoms with Crippen molar-refractivity contribution in [3.63, 3.8) is 0 Å². The number of hydrogen-bond donors (Lipinski definition) is 2. The van der Waals surface area contributed by atoms with Crippen molar-refractivity contribution in [2.45, 2.75) is 25.8 Å². The topological polar surface area (TPSA) is 89.1 Å². The number of nitrogen functional groups attached to an aromatic ring is 1. The van der Waals surface area contributed by atoms with E-state index in [1.807, 2.05) is 0 Å². The summed E-state index contributed by atoms with van der Waals surface area (Å²) >= 11 is 0. The first-order chi connectivity index (χ1) is 9.13. The van der Waals surface area contributed by atoms with Gasteiger partial charge in [-0.05, 0) is 45.3 Å². The van der Waals surface area contributed by atoms with Gasteiger partial charge in [-0.15, -0.1) is 5.10 Å². The third-order valence-electron chi connectivity index (χ3n) is 3.57. The number of nitrogens with zero attached hydrogens (tertiary/aromatic N) is 4. The molecule has 0 radical (unpaired) electrons. The van der Waals surface area contributed by atoms with Crippen LogP contribution in [0.3, 0.4) is 0 Å². The lowest BCUT2D eigenvalue weighted by atomic mass is 9.94. The standard InChI is InChI=1S/C12H22N6O/c1-17-6-3-10(4-7-17)2-5-14-11(19)8-18-9-15-12(13)16-18/h9-10H,2-8H2,1H3,(H2,13,16)(H,14,19). The zero-order valence-corrected chi connectivity index (χ0v) is 11.4. The monoisotopic (exact) mass is 266 g/mol. The van der Waals surface area contributed by atoms with Gasteiger partial charge < -0.3 is 16.0 Å². The van der Waals surface area contributed by atoms with Crippen molar-refractivity contribution in [3.8, 4) is 0 Å². The molecule has 1 saturated heterocycles. The van der Waals surface area contributed by atoms with E-state index in [1.54, 1.807) is 0 Å². The number of hydrogen-bond acceptors (Lipinski definition) is 5. The summed E-state index contributed by atoms with van der Waals surface area (Å²) in [6.45, 7) is 3.24. The number of aromatic nitrogens is 3. The molecule has 0 spiro atoms. The van der Waals surface area contributed by atoms with Crippen LogP contribution in [0.25, 0.3) is 0 Å². The molecule has 3 N–H and O–H groups in total. The van der Waals surface area contributed by atoms with Gasteiger partial charge in [0.05, 0.1) is 0 Å². The van der Waals surface area contributed by atoms with Crippen LogP contribution in [0.15, 0.2) is 6.33 Å². The van der Waals surface area contributed by atoms with Crippen molar-refractivity contribution < 1.29 is 4.79 Å². The van der Waals surface area contributed by atoms with E-state index in [9.17, 15) is 4.79 Å². The minimum atomic E-state index is -0.0437. The molecule has 2 heterocycles. The third kappa shape index (κ3) is 4.51. The molecule has 19 heavy (non-hydrogen) atoms. The number of amides is 1. The Morgan fingerprint density at radius 1 is 1.53 bits per heavy atom. The number of carbonyl (C=O) groups is 1. The van der Waals surface area contributed by atoms with E-state index < -0.39 is 0 Å². The van der Waals surface area contributed by atoms with Crippen LogP contribution >= 0.6 is 0 Å². The second kappa shape index (κ2) is 6.51. The average Bonchev–Trinajstić information content (AvgIpc) is 2.77. The van der Waals surface area contributed by atoms with Gasteiger partial charge in [-0.2, -0.15) is 0 Å². The maximum Gasteiger partial charge on any atom is 0.241 e. The Bertz CT molecular complexity index is 410. The van der Waals surface area contributed by atoms with E-state index in [2.05, 4.69) is 27.3 Å². The maximum absolute atomic E-state index is 11.7. The molecule has 1 amide bonds. The number of likely N-dealkylation sites (tertiary alicyclic amines) is 1. The molecule has 7 heteroatoms. The molecule has 7 nitrogen and oxygen atoms in total. The minimum absolute atomic E-state index is 0.0437. The summed E-state index contributed by atoms with van der Waals surface area (Å²) in [5.41, 5.74) is 5.38. The Morgan fingerprint density at radius 2 is 2.26 bits per heavy atom. The second-order valence-corrected chi connectivity index (χ2v) is 5.19. The van der Waals surface area contributed by atoms with Crippen LogP contribution in [-0.4, -0.2) is 52.3 Å². The van der Waals surface area contributed by atoms with Crippen LogP contribution in [0.2, 0.25) is 0 Å². The number of anilines is 1. The van der Waals surface area contributed by atoms with E-state index in [0.717, 1.165) is 32.0 Å². The van der Waals surface area contributed by atoms with Gasteiger partial charge in [0, 0.05) is 6.54 Å². The van der Waals surface area contributed by atoms with E-state index in [0.29, 0.717) is 0 Å². The predicted octanol–water partition coefficient (Wildman–Crippen LogP) is -0.292. The molecule has 0 bridgehead atoms. The fraction of sp³-hybridized carbons (Fsp3) is 0.750. The number of nitrogens with two attached hydrogens (primary N) is 1. The molecule has 1 aliphatic rings. The smallest absolute Gasteiger partial charge is 0.241 e. The van der Waals surface area contributed by atoms with E-state index >= 15 is 0 Å². The number of rotatable bonds is 5. The Balaban J connectivity index is 1.61. The molecule has 0 saturated carbocycles. The summed E-state index contributed by atoms with van der Waals surface area (Å²) in [7, 11) is 2.15. The summed E-state index contributed by atoms with van der Waals surface area (Å²) in [5, 5.41) is 6.79. The van der Waals surface area contributed by atoms with Gasteiger partial charge in [0.15, 0.2) is 0 Å². The van der Waals surface area contributed by atoms with Gasteiger partial charge in [0.1, 0.15) is 12.9 Å². The van der Waals surface area contributed by atoms with Crippen molar-refractivity contribution in [1.82, 2.24) is 25.0 Å². The molecule has 0 aromatic carbocycles. The molecule has 1 fully saturated rings. The zero-order valence-electron chi connectivity index (χ0n) is 11.4. The molecule has 0 unspecified atom stereocenters. The maximum atomic E-state index is 11.7. The highest BCUT2D eigenvalue weighted by atomic mass is 16.2. The lowest BCUT2D eigenvalue weighted by molar-refractivity contribution is -0.121. The van der Waals surface area contributed by atoms with Crippen LogP contribution in [0, 0.1) is 5.92 Å². The fourth-order valence-electron chi connectivity index (χ4n) is 2.35. The summed E-state index contributed by atoms with van der Waals surface area (Å²) < 4.78 is 1.44. The Hall–Kier alpha value is -1.63. The van der Waals surface area contributed by atoms with Gasteiger partial charge in [-0.3, -0.25) is 4.79 Å². The Morgan fingerprint density at radius 3 is 2.89 bits per heavy atom. The van der Waals surface area contributed by atoms with Gasteiger partial charge in [-0.1, -0.05) is 0 Å². The summed E-state index contributed by atoms with van der Waals surface area (Å²) in [6.07, 6.45) is 4.98. The van der Waals surface area contributed by atoms with E-state index in [-0.39, 0.29) is 18.4 Å². The normalized spacial score (nSPS) is 17.5. The lowest BCUT2D eigenvalue weighted by Gasteiger charge is -2.28. The summed E-state index contributed by atoms with van der Waals surface area (Å²) in [6, 6.07) is 0. The second-order valence-electron chi connectivity index (χ2n) is 5.19. The first kappa shape index (κ1) is 13.8. The van der Waals surface area contributed by atoms with Gasteiger partial charge in [-0.25, -0.2) is 9.67 Å². The molecule has 1 aliphatic heterocycles. The van der Waals surface area contributed by atoms with Gasteiger partial charge in [0.2, 0.25) is 11.9 Å². The third-order valence-corrected chi connectivity index (χ3v) is 3.57. The predicted molar refractivity (Wildman–Crippen MR) is 72.3 cm³/mol. The summed E-state index contributed by atoms with van der Waals surface area (Å²) in [4.78, 5) is 17.8. The van der Waals surface area contributed by atoms with Crippen molar-refractivity contribution in [2.24, 2.45) is 5.92 Å². The van der Waals surface area contributed by atoms with E-state index in [4.69, 9.17) is 5.73 Å². The van der Waals surface area contributed by atoms with Crippen LogP contribution in [0.5, 0.6) is 0 Å². The molecule has 1 aromatic heterocycles. The average molecular weight is 266 g/mol. The van der Waals surface area contributed by atoms with Crippen LogP contribution in [0.4, 0.5) is 5.95 Å². The highest BCUT2D eigenvalue weighted by Crippen LogP contribution is 2.18. The molecule has 106 valence electrons. The molecular weight excluding hydrogens is 244 g/mol. The van der Waals surface area contributed by atoms with Crippen molar-refractivity contribution in [1.29, 1.82) is 0 Å². The van der Waals surface area contributed by atoms with Crippen molar-refractivity contribution >= 4 is 11.9 Å². The van der Waals surface area contributed by atoms with Crippen LogP contribution < -0.4 is 11.1 Å². The lowest BCUT2D eigenvalue weighted by Crippen LogP contribution is -2.33. The highest BCUT2D eigenvalue weighted by Gasteiger charge is 2.16. The number of nitrogens with one attached hydrogen (secondary N) is 1. The Labute approximate surface area is 113 Å². The largest absolute Gasteiger partial charge is 0.367 e. The summed E-state index contributed by atoms with van der Waals surface area (Å²) in [5.74, 6) is 0.885. The van der Waals surface area contributed by atoms with Crippen LogP contribution in [0.1, 0.15) is 19.3 Å². The number of carbonyl (C=O) groups excluding carboxylic acids is 1. The van der Waals surface area contributed by atoms with Gasteiger partial charge >= 0.3 is 0 Å². The highest BCUT2D eigenvalue weighted by molar-refractivity contribution is 5.75. The molecule has 0 aliphatic carbocycles. The number of piperidine rings is 1. The fourth-order valence-corrected chi connectivity index (χ4v) is 2.35. The molecular formula is C12H22N6O. The van der Waals surface area contributed by atoms with Gasteiger partial charge in [0.25, 0.3) is 0 Å². The first-order valence-electron chi connectivity index (χ1n) is 6.73. The minimum Gasteiger partial charge on any atom is -0.367 e.